The molecule has 0 fully saturated rings. The maximum atomic E-state index is 11.7. The van der Waals surface area contributed by atoms with E-state index in [0.717, 1.165) is 78.4 Å². The van der Waals surface area contributed by atoms with E-state index in [-0.39, 0.29) is 43.5 Å². The summed E-state index contributed by atoms with van der Waals surface area (Å²) in [6.45, 7) is 8.07. The zero-order chi connectivity index (χ0) is 35.3. The van der Waals surface area contributed by atoms with Crippen LogP contribution in [0.25, 0.3) is 44.2 Å². The predicted octanol–water partition coefficient (Wildman–Crippen LogP) is 11.8. The van der Waals surface area contributed by atoms with E-state index in [4.69, 9.17) is 4.98 Å². The molecule has 0 amide bonds. The zero-order valence-electron chi connectivity index (χ0n) is 30.2. The SMILES string of the molecule is CCC(CC)C(=O)/C=C(\O)C(CC)CC.[Ir].[c-]1ccccc1-c1ccc(CCCc2ccc3ccc(-c4[c-]ccc5ccccc45)nc3c2)cn1. The summed E-state index contributed by atoms with van der Waals surface area (Å²) in [6, 6.07) is 42.3. The Morgan fingerprint density at radius 3 is 2.12 bits per heavy atom. The number of hydrogen-bond acceptors (Lipinski definition) is 4. The molecule has 2 aromatic heterocycles. The van der Waals surface area contributed by atoms with Gasteiger partial charge in [0.1, 0.15) is 0 Å². The molecule has 0 spiro atoms. The van der Waals surface area contributed by atoms with Gasteiger partial charge < -0.3 is 10.1 Å². The van der Waals surface area contributed by atoms with Crippen molar-refractivity contribution in [2.75, 3.05) is 0 Å². The Kier molecular flexibility index (Phi) is 15.3. The van der Waals surface area contributed by atoms with Crippen molar-refractivity contribution in [2.24, 2.45) is 11.8 Å². The summed E-state index contributed by atoms with van der Waals surface area (Å²) < 4.78 is 0. The fraction of sp³-hybridized carbons (Fsp3) is 0.283. The summed E-state index contributed by atoms with van der Waals surface area (Å²) in [5.74, 6) is 0.547. The number of hydrogen-bond donors (Lipinski definition) is 1. The number of ketones is 1. The number of aromatic nitrogens is 2. The number of benzene rings is 4. The van der Waals surface area contributed by atoms with Crippen LogP contribution < -0.4 is 0 Å². The van der Waals surface area contributed by atoms with Gasteiger partial charge in [-0.1, -0.05) is 93.7 Å². The molecule has 0 saturated heterocycles. The number of rotatable bonds is 13. The summed E-state index contributed by atoms with van der Waals surface area (Å²) in [4.78, 5) is 21.4. The first-order valence-corrected chi connectivity index (χ1v) is 18.1. The third-order valence-corrected chi connectivity index (χ3v) is 9.56. The maximum absolute atomic E-state index is 11.7. The van der Waals surface area contributed by atoms with Crippen molar-refractivity contribution in [1.82, 2.24) is 9.97 Å². The fourth-order valence-corrected chi connectivity index (χ4v) is 6.39. The molecule has 4 aromatic carbocycles. The topological polar surface area (TPSA) is 63.1 Å². The van der Waals surface area contributed by atoms with Crippen molar-refractivity contribution < 1.29 is 30.0 Å². The second-order valence-electron chi connectivity index (χ2n) is 12.8. The van der Waals surface area contributed by atoms with E-state index in [2.05, 4.69) is 89.9 Å². The van der Waals surface area contributed by atoms with E-state index in [0.29, 0.717) is 0 Å². The molecule has 1 N–H and O–H groups in total. The molecule has 2 heterocycles. The van der Waals surface area contributed by atoms with Gasteiger partial charge in [-0.2, -0.15) is 0 Å². The summed E-state index contributed by atoms with van der Waals surface area (Å²) in [5.41, 5.74) is 7.63. The van der Waals surface area contributed by atoms with Gasteiger partial charge in [0.25, 0.3) is 0 Å². The third kappa shape index (κ3) is 10.5. The summed E-state index contributed by atoms with van der Waals surface area (Å²) in [7, 11) is 0. The fourth-order valence-electron chi connectivity index (χ4n) is 6.39. The van der Waals surface area contributed by atoms with Crippen LogP contribution in [0.2, 0.25) is 0 Å². The van der Waals surface area contributed by atoms with Crippen LogP contribution in [0.15, 0.2) is 121 Å². The second-order valence-corrected chi connectivity index (χ2v) is 12.8. The van der Waals surface area contributed by atoms with Crippen molar-refractivity contribution in [1.29, 1.82) is 0 Å². The van der Waals surface area contributed by atoms with Crippen LogP contribution in [-0.2, 0) is 37.7 Å². The summed E-state index contributed by atoms with van der Waals surface area (Å²) in [5, 5.41) is 13.3. The van der Waals surface area contributed by atoms with E-state index in [9.17, 15) is 9.90 Å². The van der Waals surface area contributed by atoms with Crippen LogP contribution >= 0.6 is 0 Å². The number of aliphatic hydroxyl groups is 1. The number of aryl methyl sites for hydroxylation is 2. The Hall–Kier alpha value is -4.44. The molecule has 1 radical (unpaired) electrons. The van der Waals surface area contributed by atoms with Crippen molar-refractivity contribution >= 4 is 27.5 Å². The molecule has 6 rings (SSSR count). The van der Waals surface area contributed by atoms with Gasteiger partial charge in [0, 0.05) is 44.2 Å². The van der Waals surface area contributed by atoms with Crippen LogP contribution in [0.5, 0.6) is 0 Å². The zero-order valence-corrected chi connectivity index (χ0v) is 32.6. The molecule has 265 valence electrons. The summed E-state index contributed by atoms with van der Waals surface area (Å²) >= 11 is 0. The monoisotopic (exact) mass is 853 g/mol. The number of nitrogens with zero attached hydrogens (tertiary/aromatic N) is 2. The molecule has 0 unspecified atom stereocenters. The van der Waals surface area contributed by atoms with Gasteiger partial charge in [-0.3, -0.25) is 9.78 Å². The average Bonchev–Trinajstić information content (AvgIpc) is 3.16. The van der Waals surface area contributed by atoms with E-state index in [1.807, 2.05) is 64.2 Å². The minimum atomic E-state index is 0. The van der Waals surface area contributed by atoms with Crippen LogP contribution in [-0.4, -0.2) is 20.9 Å². The Bertz CT molecular complexity index is 2010. The van der Waals surface area contributed by atoms with Crippen LogP contribution in [0, 0.1) is 24.0 Å². The molecule has 6 aromatic rings. The molecule has 0 aliphatic rings. The van der Waals surface area contributed by atoms with Gasteiger partial charge >= 0.3 is 0 Å². The van der Waals surface area contributed by atoms with Crippen LogP contribution in [0.3, 0.4) is 0 Å². The standard InChI is InChI=1S/C33H24N2.C13H24O2.Ir/c1-2-11-27(12-3-1)31-20-17-25(23-34-31)9-6-8-24-16-18-28-19-21-32(35-33(28)22-24)30-15-7-13-26-10-4-5-14-29(26)30;1-5-10(6-2)12(14)9-13(15)11(7-3)8-4;/h1-5,7,10-11,13-14,16-23H,6,8-9H2;9-11,14H,5-8H2,1-4H3;/q-2;;/b;12-9-;. The molecule has 0 atom stereocenters. The largest absolute Gasteiger partial charge is 0.512 e. The van der Waals surface area contributed by atoms with Gasteiger partial charge in [0.2, 0.25) is 0 Å². The van der Waals surface area contributed by atoms with E-state index in [1.165, 1.54) is 28.0 Å². The predicted molar refractivity (Wildman–Crippen MR) is 208 cm³/mol. The first-order chi connectivity index (χ1) is 24.4. The molecule has 0 aliphatic carbocycles. The normalized spacial score (nSPS) is 11.4. The minimum Gasteiger partial charge on any atom is -0.512 e. The molecular formula is C46H48IrN2O2-2. The number of fused-ring (bicyclic) bond motifs is 2. The van der Waals surface area contributed by atoms with Crippen molar-refractivity contribution in [2.45, 2.75) is 72.6 Å². The van der Waals surface area contributed by atoms with Crippen molar-refractivity contribution in [3.05, 3.63) is 144 Å². The first-order valence-electron chi connectivity index (χ1n) is 18.1. The van der Waals surface area contributed by atoms with Gasteiger partial charge in [-0.05, 0) is 78.9 Å². The van der Waals surface area contributed by atoms with Crippen LogP contribution in [0.4, 0.5) is 0 Å². The molecule has 0 saturated carbocycles. The third-order valence-electron chi connectivity index (χ3n) is 9.56. The first kappa shape index (κ1) is 39.3. The molecule has 5 heteroatoms. The van der Waals surface area contributed by atoms with Gasteiger partial charge in [-0.15, -0.1) is 65.0 Å². The summed E-state index contributed by atoms with van der Waals surface area (Å²) in [6.07, 6.45) is 9.98. The smallest absolute Gasteiger partial charge is 0.162 e. The Balaban J connectivity index is 0.000000312. The number of carbonyl (C=O) groups excluding carboxylic acids is 1. The minimum absolute atomic E-state index is 0. The molecule has 51 heavy (non-hydrogen) atoms. The second kappa shape index (κ2) is 19.8. The molecule has 4 nitrogen and oxygen atoms in total. The van der Waals surface area contributed by atoms with E-state index >= 15 is 0 Å². The number of aliphatic hydroxyl groups excluding tert-OH is 1. The Morgan fingerprint density at radius 2 is 1.41 bits per heavy atom. The van der Waals surface area contributed by atoms with Gasteiger partial charge in [0.15, 0.2) is 5.78 Å². The Labute approximate surface area is 317 Å². The molecular weight excluding hydrogens is 805 g/mol. The maximum Gasteiger partial charge on any atom is 0.162 e. The number of pyridine rings is 2. The molecule has 0 aliphatic heterocycles. The van der Waals surface area contributed by atoms with E-state index in [1.54, 1.807) is 0 Å². The van der Waals surface area contributed by atoms with E-state index < -0.39 is 0 Å². The van der Waals surface area contributed by atoms with Gasteiger partial charge in [-0.25, -0.2) is 0 Å². The van der Waals surface area contributed by atoms with Crippen molar-refractivity contribution in [3.63, 3.8) is 0 Å². The number of carbonyl (C=O) groups is 1. The average molecular weight is 853 g/mol. The Morgan fingerprint density at radius 1 is 0.725 bits per heavy atom. The van der Waals surface area contributed by atoms with Crippen LogP contribution in [0.1, 0.15) is 70.9 Å². The number of allylic oxidation sites excluding steroid dienone is 2. The molecule has 0 bridgehead atoms. The van der Waals surface area contributed by atoms with Crippen molar-refractivity contribution in [3.8, 4) is 22.5 Å². The van der Waals surface area contributed by atoms with Gasteiger partial charge in [0.05, 0.1) is 11.3 Å². The quantitative estimate of drug-likeness (QED) is 0.0714.